The van der Waals surface area contributed by atoms with Crippen molar-refractivity contribution in [3.63, 3.8) is 0 Å². The molecule has 0 radical (unpaired) electrons. The van der Waals surface area contributed by atoms with Crippen LogP contribution < -0.4 is 4.90 Å². The van der Waals surface area contributed by atoms with Crippen LogP contribution in [0.4, 0.5) is 5.82 Å². The molecule has 2 aliphatic heterocycles. The lowest BCUT2D eigenvalue weighted by atomic mass is 9.95. The molecule has 2 aliphatic rings. The average molecular weight is 303 g/mol. The molecule has 1 aromatic rings. The number of carbonyl (C=O) groups excluding carboxylic acids is 1. The van der Waals surface area contributed by atoms with E-state index in [2.05, 4.69) is 17.9 Å². The van der Waals surface area contributed by atoms with Gasteiger partial charge in [-0.1, -0.05) is 0 Å². The quantitative estimate of drug-likeness (QED) is 0.841. The van der Waals surface area contributed by atoms with Crippen molar-refractivity contribution in [2.45, 2.75) is 39.2 Å². The van der Waals surface area contributed by atoms with Gasteiger partial charge in [0.1, 0.15) is 5.82 Å². The van der Waals surface area contributed by atoms with Crippen LogP contribution in [0.15, 0.2) is 12.3 Å². The minimum absolute atomic E-state index is 0.166. The first-order valence-corrected chi connectivity index (χ1v) is 8.23. The van der Waals surface area contributed by atoms with Crippen LogP contribution in [-0.2, 0) is 9.53 Å². The maximum atomic E-state index is 11.9. The van der Waals surface area contributed by atoms with Crippen LogP contribution in [0, 0.1) is 6.92 Å². The summed E-state index contributed by atoms with van der Waals surface area (Å²) in [6, 6.07) is 2.40. The van der Waals surface area contributed by atoms with Gasteiger partial charge in [0.15, 0.2) is 0 Å². The van der Waals surface area contributed by atoms with Gasteiger partial charge >= 0.3 is 0 Å². The van der Waals surface area contributed by atoms with Gasteiger partial charge in [-0.3, -0.25) is 4.79 Å². The molecule has 2 saturated heterocycles. The van der Waals surface area contributed by atoms with Gasteiger partial charge in [-0.25, -0.2) is 4.98 Å². The van der Waals surface area contributed by atoms with Crippen LogP contribution >= 0.6 is 0 Å². The number of rotatable bonds is 2. The zero-order valence-electron chi connectivity index (χ0n) is 13.5. The lowest BCUT2D eigenvalue weighted by molar-refractivity contribution is -0.132. The third-order valence-corrected chi connectivity index (χ3v) is 4.67. The molecule has 0 aliphatic carbocycles. The second-order valence-electron chi connectivity index (χ2n) is 6.23. The number of hydrogen-bond acceptors (Lipinski definition) is 4. The van der Waals surface area contributed by atoms with Gasteiger partial charge in [-0.2, -0.15) is 0 Å². The average Bonchev–Trinajstić information content (AvgIpc) is 2.55. The summed E-state index contributed by atoms with van der Waals surface area (Å²) in [7, 11) is 0. The number of piperidine rings is 1. The van der Waals surface area contributed by atoms with Gasteiger partial charge in [-0.05, 0) is 43.4 Å². The normalized spacial score (nSPS) is 22.7. The van der Waals surface area contributed by atoms with Crippen LogP contribution in [0.3, 0.4) is 0 Å². The van der Waals surface area contributed by atoms with E-state index in [1.54, 1.807) is 6.92 Å². The Bertz CT molecular complexity index is 541. The number of hydrogen-bond donors (Lipinski definition) is 0. The number of ether oxygens (including phenoxy) is 1. The summed E-state index contributed by atoms with van der Waals surface area (Å²) in [6.45, 7) is 7.98. The van der Waals surface area contributed by atoms with E-state index in [1.807, 2.05) is 11.1 Å². The summed E-state index contributed by atoms with van der Waals surface area (Å²) in [5, 5.41) is 0. The van der Waals surface area contributed by atoms with Crippen molar-refractivity contribution in [3.8, 4) is 0 Å². The predicted molar refractivity (Wildman–Crippen MR) is 86.0 cm³/mol. The lowest BCUT2D eigenvalue weighted by Gasteiger charge is -2.36. The zero-order valence-corrected chi connectivity index (χ0v) is 13.5. The van der Waals surface area contributed by atoms with Crippen molar-refractivity contribution in [3.05, 3.63) is 23.4 Å². The molecule has 5 heteroatoms. The van der Waals surface area contributed by atoms with Crippen LogP contribution in [0.1, 0.15) is 43.4 Å². The summed E-state index contributed by atoms with van der Waals surface area (Å²) in [5.74, 6) is 1.22. The third kappa shape index (κ3) is 3.09. The monoisotopic (exact) mass is 303 g/mol. The number of aromatic nitrogens is 1. The molecule has 1 amide bonds. The Labute approximate surface area is 132 Å². The molecule has 3 rings (SSSR count). The fourth-order valence-electron chi connectivity index (χ4n) is 3.53. The van der Waals surface area contributed by atoms with Crippen LogP contribution in [-0.4, -0.2) is 48.6 Å². The van der Waals surface area contributed by atoms with E-state index in [0.717, 1.165) is 51.5 Å². The number of likely N-dealkylation sites (tertiary alicyclic amines) is 1. The smallest absolute Gasteiger partial charge is 0.219 e. The first-order chi connectivity index (χ1) is 10.7. The summed E-state index contributed by atoms with van der Waals surface area (Å²) in [4.78, 5) is 20.8. The largest absolute Gasteiger partial charge is 0.378 e. The lowest BCUT2D eigenvalue weighted by Crippen LogP contribution is -2.38. The maximum Gasteiger partial charge on any atom is 0.219 e. The SMILES string of the molecule is CC(=O)N1CCCCC1c1cnc(N2CCOCC2)c(C)c1. The second kappa shape index (κ2) is 6.65. The number of amides is 1. The van der Waals surface area contributed by atoms with Crippen molar-refractivity contribution in [1.82, 2.24) is 9.88 Å². The second-order valence-corrected chi connectivity index (χ2v) is 6.23. The van der Waals surface area contributed by atoms with Crippen LogP contribution in [0.25, 0.3) is 0 Å². The van der Waals surface area contributed by atoms with E-state index in [-0.39, 0.29) is 11.9 Å². The molecule has 0 aromatic carbocycles. The summed E-state index contributed by atoms with van der Waals surface area (Å²) in [5.41, 5.74) is 2.36. The number of morpholine rings is 1. The third-order valence-electron chi connectivity index (χ3n) is 4.67. The molecule has 1 atom stereocenters. The fourth-order valence-corrected chi connectivity index (χ4v) is 3.53. The highest BCUT2D eigenvalue weighted by Gasteiger charge is 2.26. The molecule has 1 aromatic heterocycles. The molecular formula is C17H25N3O2. The van der Waals surface area contributed by atoms with Crippen LogP contribution in [0.5, 0.6) is 0 Å². The molecule has 3 heterocycles. The van der Waals surface area contributed by atoms with Gasteiger partial charge in [0.25, 0.3) is 0 Å². The highest BCUT2D eigenvalue weighted by atomic mass is 16.5. The van der Waals surface area contributed by atoms with Crippen molar-refractivity contribution in [2.24, 2.45) is 0 Å². The highest BCUT2D eigenvalue weighted by molar-refractivity contribution is 5.74. The van der Waals surface area contributed by atoms with Gasteiger partial charge in [0, 0.05) is 32.8 Å². The summed E-state index contributed by atoms with van der Waals surface area (Å²) < 4.78 is 5.41. The Morgan fingerprint density at radius 3 is 2.73 bits per heavy atom. The topological polar surface area (TPSA) is 45.7 Å². The first kappa shape index (κ1) is 15.3. The molecule has 1 unspecified atom stereocenters. The van der Waals surface area contributed by atoms with Crippen molar-refractivity contribution in [2.75, 3.05) is 37.7 Å². The van der Waals surface area contributed by atoms with E-state index in [9.17, 15) is 4.79 Å². The minimum Gasteiger partial charge on any atom is -0.378 e. The predicted octanol–water partition coefficient (Wildman–Crippen LogP) is 2.30. The number of carbonyl (C=O) groups is 1. The Hall–Kier alpha value is -1.62. The molecule has 0 saturated carbocycles. The van der Waals surface area contributed by atoms with Gasteiger partial charge in [0.2, 0.25) is 5.91 Å². The molecule has 2 fully saturated rings. The van der Waals surface area contributed by atoms with Crippen molar-refractivity contribution >= 4 is 11.7 Å². The van der Waals surface area contributed by atoms with Gasteiger partial charge in [-0.15, -0.1) is 0 Å². The molecule has 120 valence electrons. The number of pyridine rings is 1. The van der Waals surface area contributed by atoms with Crippen molar-refractivity contribution in [1.29, 1.82) is 0 Å². The maximum absolute atomic E-state index is 11.9. The number of aryl methyl sites for hydroxylation is 1. The number of anilines is 1. The van der Waals surface area contributed by atoms with E-state index >= 15 is 0 Å². The Morgan fingerprint density at radius 1 is 1.27 bits per heavy atom. The standard InChI is InChI=1S/C17H25N3O2/c1-13-11-15(16-5-3-4-6-20(16)14(2)21)12-18-17(13)19-7-9-22-10-8-19/h11-12,16H,3-10H2,1-2H3. The zero-order chi connectivity index (χ0) is 15.5. The molecule has 22 heavy (non-hydrogen) atoms. The fraction of sp³-hybridized carbons (Fsp3) is 0.647. The summed E-state index contributed by atoms with van der Waals surface area (Å²) in [6.07, 6.45) is 5.29. The molecule has 5 nitrogen and oxygen atoms in total. The van der Waals surface area contributed by atoms with E-state index < -0.39 is 0 Å². The Balaban J connectivity index is 1.82. The molecule has 0 N–H and O–H groups in total. The Kier molecular flexibility index (Phi) is 4.62. The molecular weight excluding hydrogens is 278 g/mol. The molecule has 0 spiro atoms. The molecule has 0 bridgehead atoms. The van der Waals surface area contributed by atoms with Crippen molar-refractivity contribution < 1.29 is 9.53 Å². The number of nitrogens with zero attached hydrogens (tertiary/aromatic N) is 3. The summed E-state index contributed by atoms with van der Waals surface area (Å²) >= 11 is 0. The van der Waals surface area contributed by atoms with E-state index in [1.165, 1.54) is 17.5 Å². The van der Waals surface area contributed by atoms with Gasteiger partial charge in [0.05, 0.1) is 19.3 Å². The Morgan fingerprint density at radius 2 is 2.05 bits per heavy atom. The van der Waals surface area contributed by atoms with Crippen LogP contribution in [0.2, 0.25) is 0 Å². The van der Waals surface area contributed by atoms with E-state index in [4.69, 9.17) is 9.72 Å². The highest BCUT2D eigenvalue weighted by Crippen LogP contribution is 2.32. The minimum atomic E-state index is 0.166. The van der Waals surface area contributed by atoms with Gasteiger partial charge < -0.3 is 14.5 Å². The van der Waals surface area contributed by atoms with E-state index in [0.29, 0.717) is 0 Å². The first-order valence-electron chi connectivity index (χ1n) is 8.23.